The van der Waals surface area contributed by atoms with Gasteiger partial charge in [0.25, 0.3) is 17.0 Å². The monoisotopic (exact) mass is 605 g/mol. The molecule has 43 heavy (non-hydrogen) atoms. The Morgan fingerprint density at radius 2 is 1.81 bits per heavy atom. The highest BCUT2D eigenvalue weighted by Gasteiger charge is 2.31. The Bertz CT molecular complexity index is 1880. The molecular formula is C29H28FN7O5S. The van der Waals surface area contributed by atoms with E-state index in [1.807, 2.05) is 47.7 Å². The van der Waals surface area contributed by atoms with Gasteiger partial charge in [0.2, 0.25) is 11.3 Å². The van der Waals surface area contributed by atoms with Crippen molar-refractivity contribution in [3.05, 3.63) is 58.5 Å². The van der Waals surface area contributed by atoms with Crippen LogP contribution < -0.4 is 19.8 Å². The third-order valence-corrected chi connectivity index (χ3v) is 8.52. The lowest BCUT2D eigenvalue weighted by atomic mass is 10.1. The van der Waals surface area contributed by atoms with Crippen LogP contribution in [0.3, 0.4) is 0 Å². The number of nitrogens with zero attached hydrogens (tertiary/aromatic N) is 7. The van der Waals surface area contributed by atoms with Gasteiger partial charge in [-0.2, -0.15) is 0 Å². The summed E-state index contributed by atoms with van der Waals surface area (Å²) in [6.07, 6.45) is 1.70. The highest BCUT2D eigenvalue weighted by Crippen LogP contribution is 2.42. The molecule has 12 nitrogen and oxygen atoms in total. The summed E-state index contributed by atoms with van der Waals surface area (Å²) in [6.45, 7) is 5.27. The summed E-state index contributed by atoms with van der Waals surface area (Å²) < 4.78 is 40.7. The number of benzene rings is 2. The van der Waals surface area contributed by atoms with Crippen LogP contribution in [0.4, 0.5) is 10.1 Å². The summed E-state index contributed by atoms with van der Waals surface area (Å²) in [7, 11) is 3.62. The van der Waals surface area contributed by atoms with E-state index < -0.39 is 11.2 Å². The molecule has 1 fully saturated rings. The zero-order valence-corrected chi connectivity index (χ0v) is 24.6. The average molecular weight is 606 g/mol. The maximum absolute atomic E-state index is 15.7. The minimum absolute atomic E-state index is 0.0437. The summed E-state index contributed by atoms with van der Waals surface area (Å²) >= 11 is 1.20. The number of methoxy groups -OCH3 is 1. The number of aromatic nitrogens is 5. The van der Waals surface area contributed by atoms with Crippen molar-refractivity contribution in [2.24, 2.45) is 0 Å². The quantitative estimate of drug-likeness (QED) is 0.246. The molecule has 1 saturated heterocycles. The van der Waals surface area contributed by atoms with Crippen LogP contribution in [0.5, 0.6) is 11.5 Å². The van der Waals surface area contributed by atoms with E-state index in [2.05, 4.69) is 25.3 Å². The second-order valence-corrected chi connectivity index (χ2v) is 11.5. The predicted molar refractivity (Wildman–Crippen MR) is 157 cm³/mol. The first-order chi connectivity index (χ1) is 20.9. The molecule has 0 radical (unpaired) electrons. The van der Waals surface area contributed by atoms with Crippen LogP contribution in [0.15, 0.2) is 55.4 Å². The maximum atomic E-state index is 15.7. The Hall–Kier alpha value is -4.43. The van der Waals surface area contributed by atoms with Crippen molar-refractivity contribution in [1.82, 2.24) is 29.9 Å². The number of ether oxygens (including phenoxy) is 2. The van der Waals surface area contributed by atoms with Crippen molar-refractivity contribution in [2.45, 2.75) is 23.9 Å². The third-order valence-electron chi connectivity index (χ3n) is 7.72. The lowest BCUT2D eigenvalue weighted by Crippen LogP contribution is -2.45. The third kappa shape index (κ3) is 4.89. The summed E-state index contributed by atoms with van der Waals surface area (Å²) in [5, 5.41) is 16.9. The van der Waals surface area contributed by atoms with Crippen molar-refractivity contribution >= 4 is 28.4 Å². The van der Waals surface area contributed by atoms with E-state index >= 15 is 4.39 Å². The Morgan fingerprint density at radius 3 is 2.63 bits per heavy atom. The zero-order valence-electron chi connectivity index (χ0n) is 23.7. The molecule has 0 N–H and O–H groups in total. The molecule has 1 unspecified atom stereocenters. The lowest BCUT2D eigenvalue weighted by molar-refractivity contribution is 0.245. The number of hydrogen-bond donors (Lipinski definition) is 0. The number of anilines is 1. The predicted octanol–water partition coefficient (Wildman–Crippen LogP) is 4.25. The summed E-state index contributed by atoms with van der Waals surface area (Å²) in [5.74, 6) is 1.53. The van der Waals surface area contributed by atoms with Gasteiger partial charge in [-0.25, -0.2) is 4.39 Å². The molecule has 5 heterocycles. The van der Waals surface area contributed by atoms with Crippen molar-refractivity contribution < 1.29 is 22.7 Å². The minimum Gasteiger partial charge on any atom is -0.496 e. The van der Waals surface area contributed by atoms with Gasteiger partial charge in [0.15, 0.2) is 11.6 Å². The van der Waals surface area contributed by atoms with Crippen LogP contribution in [0.25, 0.3) is 33.8 Å². The van der Waals surface area contributed by atoms with E-state index in [4.69, 9.17) is 18.3 Å². The Morgan fingerprint density at radius 1 is 1.05 bits per heavy atom. The van der Waals surface area contributed by atoms with Gasteiger partial charge < -0.3 is 32.7 Å². The number of hydrogen-bond acceptors (Lipinski definition) is 12. The molecule has 14 heteroatoms. The largest absolute Gasteiger partial charge is 0.496 e. The molecule has 3 aromatic heterocycles. The van der Waals surface area contributed by atoms with E-state index in [0.717, 1.165) is 13.1 Å². The van der Waals surface area contributed by atoms with Gasteiger partial charge in [0.05, 0.1) is 35.4 Å². The first-order valence-corrected chi connectivity index (χ1v) is 14.8. The van der Waals surface area contributed by atoms with Crippen molar-refractivity contribution in [1.29, 1.82) is 0 Å². The molecule has 0 spiro atoms. The van der Waals surface area contributed by atoms with Crippen LogP contribution in [0, 0.1) is 5.82 Å². The van der Waals surface area contributed by atoms with E-state index in [9.17, 15) is 4.79 Å². The van der Waals surface area contributed by atoms with Gasteiger partial charge in [-0.15, -0.1) is 20.4 Å². The molecule has 2 aliphatic rings. The standard InChI is InChI=1S/C29H28FN7O5S/c1-16-14-40-26-23-18(12-20(30)24(26)36-10-8-35(2)9-11-36)25(38)19(13-37(16)23)28-33-34-29(42-28)43-15-22-31-32-27(41-22)17-6-4-5-7-21(17)39-3/h4-7,12-13,16H,8-11,14-15H2,1-3H3. The lowest BCUT2D eigenvalue weighted by Gasteiger charge is -2.37. The molecule has 2 aromatic carbocycles. The Balaban J connectivity index is 1.18. The number of piperazine rings is 1. The number of halogens is 1. The zero-order chi connectivity index (χ0) is 29.7. The average Bonchev–Trinajstić information content (AvgIpc) is 3.69. The maximum Gasteiger partial charge on any atom is 0.277 e. The second kappa shape index (κ2) is 11.0. The molecule has 0 saturated carbocycles. The van der Waals surface area contributed by atoms with Gasteiger partial charge in [-0.3, -0.25) is 4.79 Å². The highest BCUT2D eigenvalue weighted by atomic mass is 32.2. The minimum atomic E-state index is -0.490. The molecule has 7 rings (SSSR count). The van der Waals surface area contributed by atoms with Crippen molar-refractivity contribution in [3.63, 3.8) is 0 Å². The van der Waals surface area contributed by atoms with Crippen LogP contribution in [-0.4, -0.2) is 76.8 Å². The summed E-state index contributed by atoms with van der Waals surface area (Å²) in [6, 6.07) is 8.55. The van der Waals surface area contributed by atoms with E-state index in [1.54, 1.807) is 13.3 Å². The molecular weight excluding hydrogens is 577 g/mol. The Labute approximate surface area is 249 Å². The molecule has 5 aromatic rings. The van der Waals surface area contributed by atoms with Gasteiger partial charge in [-0.05, 0) is 32.2 Å². The van der Waals surface area contributed by atoms with Crippen LogP contribution in [0.2, 0.25) is 0 Å². The number of rotatable bonds is 7. The fourth-order valence-corrected chi connectivity index (χ4v) is 6.03. The van der Waals surface area contributed by atoms with Crippen molar-refractivity contribution in [2.75, 3.05) is 51.8 Å². The normalized spacial score (nSPS) is 16.9. The molecule has 0 amide bonds. The first-order valence-electron chi connectivity index (χ1n) is 13.8. The van der Waals surface area contributed by atoms with Crippen LogP contribution >= 0.6 is 11.8 Å². The molecule has 1 atom stereocenters. The number of pyridine rings is 1. The number of likely N-dealkylation sites (N-methyl/N-ethyl adjacent to an activating group) is 1. The van der Waals surface area contributed by atoms with Gasteiger partial charge in [0.1, 0.15) is 23.6 Å². The van der Waals surface area contributed by atoms with Crippen LogP contribution in [0.1, 0.15) is 18.9 Å². The van der Waals surface area contributed by atoms with E-state index in [-0.39, 0.29) is 33.9 Å². The number of thioether (sulfide) groups is 1. The number of para-hydroxylation sites is 1. The first kappa shape index (κ1) is 27.4. The highest BCUT2D eigenvalue weighted by molar-refractivity contribution is 7.98. The molecule has 222 valence electrons. The Kier molecular flexibility index (Phi) is 7.01. The van der Waals surface area contributed by atoms with Crippen LogP contribution in [-0.2, 0) is 5.75 Å². The van der Waals surface area contributed by atoms with Gasteiger partial charge in [-0.1, -0.05) is 23.9 Å². The smallest absolute Gasteiger partial charge is 0.277 e. The van der Waals surface area contributed by atoms with E-state index in [1.165, 1.54) is 17.8 Å². The van der Waals surface area contributed by atoms with Gasteiger partial charge >= 0.3 is 0 Å². The van der Waals surface area contributed by atoms with E-state index in [0.29, 0.717) is 59.7 Å². The fraction of sp³-hybridized carbons (Fsp3) is 0.345. The summed E-state index contributed by atoms with van der Waals surface area (Å²) in [4.78, 5) is 17.9. The molecule has 2 aliphatic heterocycles. The van der Waals surface area contributed by atoms with Crippen molar-refractivity contribution in [3.8, 4) is 34.4 Å². The SMILES string of the molecule is COc1ccccc1-c1nnc(CSc2nnc(-c3cn4c5c(c(N6CCN(C)CC6)c(F)cc5c3=O)OCC4C)o2)o1. The molecule has 0 aliphatic carbocycles. The second-order valence-electron chi connectivity index (χ2n) is 10.5. The fourth-order valence-electron chi connectivity index (χ4n) is 5.43. The topological polar surface area (TPSA) is 125 Å². The van der Waals surface area contributed by atoms with Gasteiger partial charge in [0, 0.05) is 32.4 Å². The molecule has 0 bridgehead atoms. The summed E-state index contributed by atoms with van der Waals surface area (Å²) in [5.41, 5.74) is 1.44.